The standard InChI is InChI=1S/C16H16N4O2/c1-9(2)22-12-8-7-10-5-3-4-6-11(10)13(12)14-15(16(17)21)19-20-18-14/h3-9H,1-2H3,(H2,17,21)(H,18,19,20). The first kappa shape index (κ1) is 14.1. The number of amides is 1. The minimum atomic E-state index is -0.632. The Kier molecular flexibility index (Phi) is 3.50. The predicted molar refractivity (Wildman–Crippen MR) is 83.6 cm³/mol. The van der Waals surface area contributed by atoms with Crippen LogP contribution in [0.1, 0.15) is 24.3 Å². The second-order valence-corrected chi connectivity index (χ2v) is 5.21. The summed E-state index contributed by atoms with van der Waals surface area (Å²) in [5, 5.41) is 12.4. The van der Waals surface area contributed by atoms with Crippen molar-refractivity contribution in [2.45, 2.75) is 20.0 Å². The van der Waals surface area contributed by atoms with Crippen molar-refractivity contribution in [1.29, 1.82) is 0 Å². The molecule has 0 aliphatic carbocycles. The maximum Gasteiger partial charge on any atom is 0.271 e. The van der Waals surface area contributed by atoms with Gasteiger partial charge >= 0.3 is 0 Å². The Morgan fingerprint density at radius 1 is 1.18 bits per heavy atom. The fourth-order valence-electron chi connectivity index (χ4n) is 2.42. The van der Waals surface area contributed by atoms with Gasteiger partial charge in [-0.05, 0) is 30.7 Å². The number of nitrogens with one attached hydrogen (secondary N) is 1. The molecule has 2 aromatic carbocycles. The van der Waals surface area contributed by atoms with Crippen molar-refractivity contribution < 1.29 is 9.53 Å². The number of benzene rings is 2. The van der Waals surface area contributed by atoms with E-state index in [0.29, 0.717) is 17.0 Å². The molecule has 22 heavy (non-hydrogen) atoms. The lowest BCUT2D eigenvalue weighted by Crippen LogP contribution is -2.13. The predicted octanol–water partition coefficient (Wildman–Crippen LogP) is 2.51. The third-order valence-corrected chi connectivity index (χ3v) is 3.27. The molecule has 1 amide bonds. The van der Waals surface area contributed by atoms with E-state index in [4.69, 9.17) is 10.5 Å². The number of carbonyl (C=O) groups excluding carboxylic acids is 1. The number of rotatable bonds is 4. The van der Waals surface area contributed by atoms with Crippen LogP contribution in [-0.4, -0.2) is 27.4 Å². The maximum absolute atomic E-state index is 11.6. The van der Waals surface area contributed by atoms with E-state index < -0.39 is 5.91 Å². The maximum atomic E-state index is 11.6. The van der Waals surface area contributed by atoms with Crippen LogP contribution in [0.4, 0.5) is 0 Å². The second-order valence-electron chi connectivity index (χ2n) is 5.21. The number of nitrogens with zero attached hydrogens (tertiary/aromatic N) is 2. The summed E-state index contributed by atoms with van der Waals surface area (Å²) in [5.74, 6) is 0.0114. The number of nitrogens with two attached hydrogens (primary N) is 1. The Balaban J connectivity index is 2.33. The Labute approximate surface area is 127 Å². The average molecular weight is 296 g/mol. The zero-order valence-corrected chi connectivity index (χ0v) is 12.3. The minimum absolute atomic E-state index is 0.0103. The van der Waals surface area contributed by atoms with Crippen molar-refractivity contribution in [1.82, 2.24) is 15.4 Å². The molecule has 112 valence electrons. The highest BCUT2D eigenvalue weighted by Gasteiger charge is 2.21. The van der Waals surface area contributed by atoms with Gasteiger partial charge < -0.3 is 10.5 Å². The number of ether oxygens (including phenoxy) is 1. The number of fused-ring (bicyclic) bond motifs is 1. The quantitative estimate of drug-likeness (QED) is 0.773. The van der Waals surface area contributed by atoms with E-state index in [2.05, 4.69) is 15.4 Å². The molecule has 0 saturated heterocycles. The van der Waals surface area contributed by atoms with Gasteiger partial charge in [-0.25, -0.2) is 0 Å². The minimum Gasteiger partial charge on any atom is -0.490 e. The molecule has 3 rings (SSSR count). The van der Waals surface area contributed by atoms with E-state index in [1.165, 1.54) is 0 Å². The molecule has 1 heterocycles. The summed E-state index contributed by atoms with van der Waals surface area (Å²) in [6, 6.07) is 11.7. The van der Waals surface area contributed by atoms with Crippen LogP contribution < -0.4 is 10.5 Å². The van der Waals surface area contributed by atoms with E-state index in [1.807, 2.05) is 50.2 Å². The summed E-state index contributed by atoms with van der Waals surface area (Å²) >= 11 is 0. The molecular formula is C16H16N4O2. The topological polar surface area (TPSA) is 93.9 Å². The first-order valence-corrected chi connectivity index (χ1v) is 6.97. The number of primary amides is 1. The van der Waals surface area contributed by atoms with Gasteiger partial charge in [0.1, 0.15) is 11.4 Å². The van der Waals surface area contributed by atoms with Crippen molar-refractivity contribution >= 4 is 16.7 Å². The van der Waals surface area contributed by atoms with E-state index in [0.717, 1.165) is 10.8 Å². The van der Waals surface area contributed by atoms with Crippen LogP contribution >= 0.6 is 0 Å². The molecule has 0 aliphatic heterocycles. The van der Waals surface area contributed by atoms with Gasteiger partial charge in [0.2, 0.25) is 0 Å². The number of carbonyl (C=O) groups is 1. The van der Waals surface area contributed by atoms with Crippen LogP contribution in [0.2, 0.25) is 0 Å². The third-order valence-electron chi connectivity index (χ3n) is 3.27. The summed E-state index contributed by atoms with van der Waals surface area (Å²) in [4.78, 5) is 11.6. The van der Waals surface area contributed by atoms with E-state index >= 15 is 0 Å². The van der Waals surface area contributed by atoms with Gasteiger partial charge in [-0.3, -0.25) is 4.79 Å². The molecule has 0 fully saturated rings. The summed E-state index contributed by atoms with van der Waals surface area (Å²) in [6.45, 7) is 3.88. The second kappa shape index (κ2) is 5.48. The molecule has 0 bridgehead atoms. The van der Waals surface area contributed by atoms with Gasteiger partial charge in [-0.15, -0.1) is 0 Å². The molecule has 3 N–H and O–H groups in total. The Bertz CT molecular complexity index is 839. The highest BCUT2D eigenvalue weighted by atomic mass is 16.5. The molecular weight excluding hydrogens is 280 g/mol. The van der Waals surface area contributed by atoms with Crippen LogP contribution in [0.15, 0.2) is 36.4 Å². The molecule has 6 nitrogen and oxygen atoms in total. The smallest absolute Gasteiger partial charge is 0.271 e. The molecule has 0 unspecified atom stereocenters. The first-order chi connectivity index (χ1) is 10.6. The van der Waals surface area contributed by atoms with Gasteiger partial charge in [-0.1, -0.05) is 30.3 Å². The molecule has 0 radical (unpaired) electrons. The van der Waals surface area contributed by atoms with Crippen LogP contribution in [0.25, 0.3) is 22.0 Å². The zero-order valence-electron chi connectivity index (χ0n) is 12.3. The normalized spacial score (nSPS) is 11.0. The van der Waals surface area contributed by atoms with E-state index in [1.54, 1.807) is 0 Å². The number of hydrogen-bond acceptors (Lipinski definition) is 4. The van der Waals surface area contributed by atoms with E-state index in [-0.39, 0.29) is 11.8 Å². The van der Waals surface area contributed by atoms with Crippen LogP contribution in [0.5, 0.6) is 5.75 Å². The van der Waals surface area contributed by atoms with Gasteiger partial charge in [0, 0.05) is 0 Å². The third kappa shape index (κ3) is 2.39. The Morgan fingerprint density at radius 2 is 1.95 bits per heavy atom. The summed E-state index contributed by atoms with van der Waals surface area (Å²) < 4.78 is 5.88. The highest BCUT2D eigenvalue weighted by molar-refractivity contribution is 6.05. The van der Waals surface area contributed by atoms with Crippen molar-refractivity contribution in [2.24, 2.45) is 5.73 Å². The van der Waals surface area contributed by atoms with Gasteiger partial charge in [0.05, 0.1) is 11.7 Å². The lowest BCUT2D eigenvalue weighted by Gasteiger charge is -2.15. The van der Waals surface area contributed by atoms with Crippen LogP contribution in [0.3, 0.4) is 0 Å². The van der Waals surface area contributed by atoms with Gasteiger partial charge in [0.15, 0.2) is 5.69 Å². The van der Waals surface area contributed by atoms with Gasteiger partial charge in [-0.2, -0.15) is 15.4 Å². The van der Waals surface area contributed by atoms with E-state index in [9.17, 15) is 4.79 Å². The van der Waals surface area contributed by atoms with Crippen molar-refractivity contribution in [2.75, 3.05) is 0 Å². The molecule has 0 saturated carbocycles. The molecule has 3 aromatic rings. The van der Waals surface area contributed by atoms with Gasteiger partial charge in [0.25, 0.3) is 5.91 Å². The average Bonchev–Trinajstić information content (AvgIpc) is 2.95. The monoisotopic (exact) mass is 296 g/mol. The molecule has 0 spiro atoms. The van der Waals surface area contributed by atoms with Crippen molar-refractivity contribution in [3.05, 3.63) is 42.1 Å². The number of aromatic nitrogens is 3. The number of hydrogen-bond donors (Lipinski definition) is 2. The summed E-state index contributed by atoms with van der Waals surface area (Å²) in [5.41, 5.74) is 6.61. The Morgan fingerprint density at radius 3 is 2.68 bits per heavy atom. The molecule has 0 aliphatic rings. The number of aromatic amines is 1. The fraction of sp³-hybridized carbons (Fsp3) is 0.188. The highest BCUT2D eigenvalue weighted by Crippen LogP contribution is 2.37. The Hall–Kier alpha value is -2.89. The fourth-order valence-corrected chi connectivity index (χ4v) is 2.42. The molecule has 0 atom stereocenters. The largest absolute Gasteiger partial charge is 0.490 e. The van der Waals surface area contributed by atoms with Crippen molar-refractivity contribution in [3.63, 3.8) is 0 Å². The lowest BCUT2D eigenvalue weighted by atomic mass is 9.99. The zero-order chi connectivity index (χ0) is 15.7. The summed E-state index contributed by atoms with van der Waals surface area (Å²) in [7, 11) is 0. The SMILES string of the molecule is CC(C)Oc1ccc2ccccc2c1-c1n[nH]nc1C(N)=O. The molecule has 1 aromatic heterocycles. The lowest BCUT2D eigenvalue weighted by molar-refractivity contribution is 0.0996. The number of H-pyrrole nitrogens is 1. The van der Waals surface area contributed by atoms with Crippen molar-refractivity contribution in [3.8, 4) is 17.0 Å². The molecule has 6 heteroatoms. The summed E-state index contributed by atoms with van der Waals surface area (Å²) in [6.07, 6.45) is -0.0103. The van der Waals surface area contributed by atoms with Crippen LogP contribution in [0, 0.1) is 0 Å². The first-order valence-electron chi connectivity index (χ1n) is 6.97. The van der Waals surface area contributed by atoms with Crippen LogP contribution in [-0.2, 0) is 0 Å².